The van der Waals surface area contributed by atoms with E-state index >= 15 is 0 Å². The number of amides is 3. The van der Waals surface area contributed by atoms with Gasteiger partial charge in [-0.1, -0.05) is 44.5 Å². The van der Waals surface area contributed by atoms with Crippen molar-refractivity contribution in [3.63, 3.8) is 0 Å². The molecule has 3 rings (SSSR count). The zero-order valence-electron chi connectivity index (χ0n) is 21.6. The summed E-state index contributed by atoms with van der Waals surface area (Å²) in [5, 5.41) is 2.92. The Morgan fingerprint density at radius 3 is 2.51 bits per heavy atom. The second kappa shape index (κ2) is 12.7. The minimum absolute atomic E-state index is 0.0132. The van der Waals surface area contributed by atoms with Gasteiger partial charge in [0.05, 0.1) is 12.7 Å². The molecule has 10 heteroatoms. The molecular weight excluding hydrogens is 494 g/mol. The minimum Gasteiger partial charge on any atom is -0.497 e. The summed E-state index contributed by atoms with van der Waals surface area (Å²) in [6, 6.07) is 12.7. The van der Waals surface area contributed by atoms with E-state index in [0.29, 0.717) is 18.7 Å². The molecule has 9 nitrogen and oxygen atoms in total. The summed E-state index contributed by atoms with van der Waals surface area (Å²) < 4.78 is 31.8. The number of sulfonamides is 1. The van der Waals surface area contributed by atoms with Gasteiger partial charge in [0.15, 0.2) is 0 Å². The third kappa shape index (κ3) is 6.49. The van der Waals surface area contributed by atoms with Crippen LogP contribution in [0.15, 0.2) is 53.4 Å². The zero-order chi connectivity index (χ0) is 27.0. The second-order valence-corrected chi connectivity index (χ2v) is 10.8. The molecular formula is C27H35N3O6S. The highest BCUT2D eigenvalue weighted by Crippen LogP contribution is 2.30. The summed E-state index contributed by atoms with van der Waals surface area (Å²) in [7, 11) is -2.38. The Balaban J connectivity index is 1.74. The van der Waals surface area contributed by atoms with Crippen LogP contribution in [-0.4, -0.2) is 61.6 Å². The molecule has 2 aromatic rings. The lowest BCUT2D eigenvalue weighted by molar-refractivity contribution is -0.141. The quantitative estimate of drug-likeness (QED) is 0.398. The number of nitrogens with zero attached hydrogens (tertiary/aromatic N) is 2. The first-order valence-corrected chi connectivity index (χ1v) is 14.0. The largest absolute Gasteiger partial charge is 0.497 e. The van der Waals surface area contributed by atoms with Gasteiger partial charge in [-0.05, 0) is 49.1 Å². The summed E-state index contributed by atoms with van der Waals surface area (Å²) in [5.74, 6) is -0.456. The van der Waals surface area contributed by atoms with Crippen LogP contribution in [0.1, 0.15) is 61.9 Å². The number of carbonyl (C=O) groups is 3. The van der Waals surface area contributed by atoms with E-state index < -0.39 is 22.0 Å². The minimum atomic E-state index is -3.94. The van der Waals surface area contributed by atoms with Gasteiger partial charge in [0.1, 0.15) is 16.7 Å². The van der Waals surface area contributed by atoms with E-state index in [9.17, 15) is 22.8 Å². The molecule has 1 N–H and O–H groups in total. The number of nitrogens with one attached hydrogen (secondary N) is 1. The molecule has 1 heterocycles. The molecule has 37 heavy (non-hydrogen) atoms. The molecule has 200 valence electrons. The van der Waals surface area contributed by atoms with Gasteiger partial charge in [0.25, 0.3) is 15.9 Å². The number of hydrogen-bond acceptors (Lipinski definition) is 6. The summed E-state index contributed by atoms with van der Waals surface area (Å²) in [4.78, 5) is 40.6. The molecule has 0 fully saturated rings. The molecule has 2 aromatic carbocycles. The van der Waals surface area contributed by atoms with Crippen LogP contribution in [0.25, 0.3) is 0 Å². The van der Waals surface area contributed by atoms with Crippen LogP contribution in [0, 0.1) is 0 Å². The average molecular weight is 530 g/mol. The summed E-state index contributed by atoms with van der Waals surface area (Å²) in [6.45, 7) is 4.49. The predicted octanol–water partition coefficient (Wildman–Crippen LogP) is 3.34. The van der Waals surface area contributed by atoms with Crippen molar-refractivity contribution in [3.05, 3.63) is 59.7 Å². The Bertz CT molecular complexity index is 1230. The van der Waals surface area contributed by atoms with Crippen LogP contribution in [0.3, 0.4) is 0 Å². The maximum atomic E-state index is 13.4. The molecule has 1 aliphatic rings. The van der Waals surface area contributed by atoms with Crippen molar-refractivity contribution in [2.45, 2.75) is 63.4 Å². The van der Waals surface area contributed by atoms with Gasteiger partial charge in [-0.25, -0.2) is 12.7 Å². The lowest BCUT2D eigenvalue weighted by atomic mass is 10.1. The zero-order valence-corrected chi connectivity index (χ0v) is 22.4. The Labute approximate surface area is 218 Å². The van der Waals surface area contributed by atoms with E-state index in [2.05, 4.69) is 5.32 Å². The van der Waals surface area contributed by atoms with Gasteiger partial charge in [-0.3, -0.25) is 14.4 Å². The molecule has 0 bridgehead atoms. The van der Waals surface area contributed by atoms with Gasteiger partial charge in [-0.2, -0.15) is 0 Å². The highest BCUT2D eigenvalue weighted by atomic mass is 32.2. The first kappa shape index (κ1) is 28.2. The Kier molecular flexibility index (Phi) is 9.68. The number of unbranched alkanes of at least 4 members (excludes halogenated alkanes) is 1. The Morgan fingerprint density at radius 2 is 1.84 bits per heavy atom. The van der Waals surface area contributed by atoms with Crippen molar-refractivity contribution >= 4 is 27.7 Å². The molecule has 0 aromatic heterocycles. The topological polar surface area (TPSA) is 113 Å². The third-order valence-electron chi connectivity index (χ3n) is 6.37. The third-order valence-corrected chi connectivity index (χ3v) is 8.21. The molecule has 1 aliphatic heterocycles. The van der Waals surface area contributed by atoms with Crippen LogP contribution in [-0.2, 0) is 26.2 Å². The maximum Gasteiger partial charge on any atom is 0.269 e. The van der Waals surface area contributed by atoms with E-state index in [1.54, 1.807) is 25.3 Å². The van der Waals surface area contributed by atoms with Gasteiger partial charge in [-0.15, -0.1) is 0 Å². The summed E-state index contributed by atoms with van der Waals surface area (Å²) in [6.07, 6.45) is 2.32. The predicted molar refractivity (Wildman–Crippen MR) is 139 cm³/mol. The van der Waals surface area contributed by atoms with Crippen molar-refractivity contribution in [2.24, 2.45) is 0 Å². The van der Waals surface area contributed by atoms with Gasteiger partial charge in [0.2, 0.25) is 11.8 Å². The standard InChI is InChI=1S/C27H35N3O6S/c1-4-6-16-28-26(32)23(5-2)29(19-20-11-9-12-21(18-20)36-3)25(31)15-10-17-30-27(33)22-13-7-8-14-24(22)37(30,34)35/h7-9,11-14,18,23H,4-6,10,15-17,19H2,1-3H3,(H,28,32)/t23-/m0/s1. The Morgan fingerprint density at radius 1 is 1.08 bits per heavy atom. The Hall–Kier alpha value is -3.40. The molecule has 0 spiro atoms. The fourth-order valence-corrected chi connectivity index (χ4v) is 5.97. The molecule has 1 atom stereocenters. The van der Waals surface area contributed by atoms with Gasteiger partial charge >= 0.3 is 0 Å². The van der Waals surface area contributed by atoms with Crippen molar-refractivity contribution in [3.8, 4) is 5.75 Å². The number of ether oxygens (including phenoxy) is 1. The summed E-state index contributed by atoms with van der Waals surface area (Å²) >= 11 is 0. The van der Waals surface area contributed by atoms with E-state index in [-0.39, 0.29) is 48.2 Å². The number of fused-ring (bicyclic) bond motifs is 1. The molecule has 0 saturated heterocycles. The van der Waals surface area contributed by atoms with Gasteiger partial charge < -0.3 is 15.0 Å². The average Bonchev–Trinajstić information content (AvgIpc) is 3.09. The van der Waals surface area contributed by atoms with E-state index in [1.807, 2.05) is 32.0 Å². The smallest absolute Gasteiger partial charge is 0.269 e. The van der Waals surface area contributed by atoms with Crippen LogP contribution in [0.4, 0.5) is 0 Å². The summed E-state index contributed by atoms with van der Waals surface area (Å²) in [5.41, 5.74) is 0.948. The van der Waals surface area contributed by atoms with E-state index in [0.717, 1.165) is 22.7 Å². The first-order valence-electron chi connectivity index (χ1n) is 12.6. The normalized spacial score (nSPS) is 14.7. The van der Waals surface area contributed by atoms with Crippen LogP contribution in [0.2, 0.25) is 0 Å². The maximum absolute atomic E-state index is 13.4. The fourth-order valence-electron chi connectivity index (χ4n) is 4.36. The molecule has 0 aliphatic carbocycles. The van der Waals surface area contributed by atoms with Crippen molar-refractivity contribution < 1.29 is 27.5 Å². The van der Waals surface area contributed by atoms with Crippen molar-refractivity contribution in [2.75, 3.05) is 20.2 Å². The number of hydrogen-bond donors (Lipinski definition) is 1. The van der Waals surface area contributed by atoms with E-state index in [1.165, 1.54) is 17.0 Å². The molecule has 0 radical (unpaired) electrons. The highest BCUT2D eigenvalue weighted by molar-refractivity contribution is 7.90. The fraction of sp³-hybridized carbons (Fsp3) is 0.444. The van der Waals surface area contributed by atoms with Crippen LogP contribution in [0.5, 0.6) is 5.75 Å². The highest BCUT2D eigenvalue weighted by Gasteiger charge is 2.40. The van der Waals surface area contributed by atoms with Crippen LogP contribution < -0.4 is 10.1 Å². The molecule has 0 saturated carbocycles. The lowest BCUT2D eigenvalue weighted by Gasteiger charge is -2.31. The van der Waals surface area contributed by atoms with Crippen molar-refractivity contribution in [1.82, 2.24) is 14.5 Å². The molecule has 3 amide bonds. The number of methoxy groups -OCH3 is 1. The lowest BCUT2D eigenvalue weighted by Crippen LogP contribution is -2.49. The number of carbonyl (C=O) groups excluding carboxylic acids is 3. The van der Waals surface area contributed by atoms with Gasteiger partial charge in [0, 0.05) is 26.1 Å². The van der Waals surface area contributed by atoms with Crippen molar-refractivity contribution in [1.29, 1.82) is 0 Å². The van der Waals surface area contributed by atoms with Crippen LogP contribution >= 0.6 is 0 Å². The first-order chi connectivity index (χ1) is 17.7. The SMILES string of the molecule is CCCCNC(=O)[C@H](CC)N(Cc1cccc(OC)c1)C(=O)CCCN1C(=O)c2ccccc2S1(=O)=O. The van der Waals surface area contributed by atoms with E-state index in [4.69, 9.17) is 4.74 Å². The number of benzene rings is 2. The molecule has 0 unspecified atom stereocenters. The second-order valence-electron chi connectivity index (χ2n) is 8.92. The monoisotopic (exact) mass is 529 g/mol. The number of rotatable bonds is 13.